The maximum Gasteiger partial charge on any atom is 0.165 e. The number of halogens is 2. The van der Waals surface area contributed by atoms with Crippen molar-refractivity contribution < 1.29 is 9.13 Å². The molecule has 1 aromatic carbocycles. The van der Waals surface area contributed by atoms with Gasteiger partial charge in [0.15, 0.2) is 11.6 Å². The predicted octanol–water partition coefficient (Wildman–Crippen LogP) is 2.23. The number of aromatic amines is 1. The first-order chi connectivity index (χ1) is 7.20. The number of methoxy groups -OCH3 is 1. The molecule has 1 aromatic heterocycles. The van der Waals surface area contributed by atoms with Gasteiger partial charge in [0.05, 0.1) is 12.8 Å². The zero-order valence-electron chi connectivity index (χ0n) is 8.53. The van der Waals surface area contributed by atoms with Gasteiger partial charge in [0.2, 0.25) is 0 Å². The second-order valence-electron chi connectivity index (χ2n) is 3.06. The summed E-state index contributed by atoms with van der Waals surface area (Å²) in [5.41, 5.74) is 6.80. The normalized spacial score (nSPS) is 9.62. The van der Waals surface area contributed by atoms with Crippen molar-refractivity contribution in [1.29, 1.82) is 0 Å². The predicted molar refractivity (Wildman–Crippen MR) is 62.2 cm³/mol. The minimum atomic E-state index is -0.414. The molecule has 0 amide bonds. The second kappa shape index (κ2) is 4.85. The van der Waals surface area contributed by atoms with Gasteiger partial charge in [-0.2, -0.15) is 5.10 Å². The molecule has 0 aliphatic rings. The number of benzene rings is 1. The van der Waals surface area contributed by atoms with Gasteiger partial charge in [0.25, 0.3) is 0 Å². The summed E-state index contributed by atoms with van der Waals surface area (Å²) in [6.07, 6.45) is 0. The Balaban J connectivity index is 0.00000128. The first-order valence-electron chi connectivity index (χ1n) is 4.35. The molecule has 0 radical (unpaired) electrons. The van der Waals surface area contributed by atoms with Crippen LogP contribution in [0.5, 0.6) is 5.75 Å². The van der Waals surface area contributed by atoms with Gasteiger partial charge in [0.1, 0.15) is 5.82 Å². The van der Waals surface area contributed by atoms with Gasteiger partial charge in [-0.1, -0.05) is 0 Å². The highest BCUT2D eigenvalue weighted by Gasteiger charge is 2.06. The zero-order valence-corrected chi connectivity index (χ0v) is 9.34. The molecule has 0 aliphatic heterocycles. The molecule has 0 fully saturated rings. The fraction of sp³-hybridized carbons (Fsp3) is 0.100. The van der Waals surface area contributed by atoms with Gasteiger partial charge in [-0.05, 0) is 18.2 Å². The molecule has 2 aromatic rings. The highest BCUT2D eigenvalue weighted by atomic mass is 35.5. The summed E-state index contributed by atoms with van der Waals surface area (Å²) in [5, 5.41) is 6.47. The lowest BCUT2D eigenvalue weighted by Crippen LogP contribution is -1.88. The number of anilines is 1. The van der Waals surface area contributed by atoms with Gasteiger partial charge >= 0.3 is 0 Å². The Hall–Kier alpha value is -1.75. The molecule has 0 unspecified atom stereocenters. The quantitative estimate of drug-likeness (QED) is 0.850. The van der Waals surface area contributed by atoms with E-state index in [2.05, 4.69) is 10.2 Å². The molecule has 6 heteroatoms. The van der Waals surface area contributed by atoms with Crippen LogP contribution in [-0.2, 0) is 0 Å². The summed E-state index contributed by atoms with van der Waals surface area (Å²) in [4.78, 5) is 0. The summed E-state index contributed by atoms with van der Waals surface area (Å²) < 4.78 is 18.2. The summed E-state index contributed by atoms with van der Waals surface area (Å²) in [7, 11) is 1.42. The van der Waals surface area contributed by atoms with Gasteiger partial charge in [-0.3, -0.25) is 5.10 Å². The monoisotopic (exact) mass is 243 g/mol. The Bertz CT molecular complexity index is 487. The number of nitrogens with zero attached hydrogens (tertiary/aromatic N) is 1. The Labute approximate surface area is 98.0 Å². The van der Waals surface area contributed by atoms with Crippen LogP contribution >= 0.6 is 12.4 Å². The zero-order chi connectivity index (χ0) is 10.8. The molecule has 0 atom stereocenters. The van der Waals surface area contributed by atoms with E-state index in [1.807, 2.05) is 0 Å². The van der Waals surface area contributed by atoms with Crippen molar-refractivity contribution in [2.45, 2.75) is 0 Å². The van der Waals surface area contributed by atoms with E-state index in [0.29, 0.717) is 17.1 Å². The molecule has 0 aliphatic carbocycles. The fourth-order valence-corrected chi connectivity index (χ4v) is 1.32. The van der Waals surface area contributed by atoms with E-state index < -0.39 is 5.82 Å². The molecule has 3 N–H and O–H groups in total. The smallest absolute Gasteiger partial charge is 0.165 e. The average molecular weight is 244 g/mol. The van der Waals surface area contributed by atoms with Crippen molar-refractivity contribution in [3.63, 3.8) is 0 Å². The van der Waals surface area contributed by atoms with Crippen molar-refractivity contribution in [1.82, 2.24) is 10.2 Å². The second-order valence-corrected chi connectivity index (χ2v) is 3.06. The first kappa shape index (κ1) is 12.3. The number of nitrogen functional groups attached to an aromatic ring is 1. The highest BCUT2D eigenvalue weighted by Crippen LogP contribution is 2.24. The van der Waals surface area contributed by atoms with Crippen LogP contribution in [0, 0.1) is 5.82 Å². The standard InChI is InChI=1S/C10H10FN3O.ClH/c1-15-9-3-2-6(4-7(9)11)8-5-10(12)14-13-8;/h2-5H,1H3,(H3,12,13,14);1H. The van der Waals surface area contributed by atoms with Crippen LogP contribution in [0.1, 0.15) is 0 Å². The maximum atomic E-state index is 13.4. The molecule has 2 rings (SSSR count). The molecule has 86 valence electrons. The van der Waals surface area contributed by atoms with Crippen LogP contribution in [0.25, 0.3) is 11.3 Å². The lowest BCUT2D eigenvalue weighted by atomic mass is 10.1. The number of nitrogens with one attached hydrogen (secondary N) is 1. The molecule has 1 heterocycles. The minimum absolute atomic E-state index is 0. The van der Waals surface area contributed by atoms with Crippen molar-refractivity contribution in [3.05, 3.63) is 30.1 Å². The molecule has 4 nitrogen and oxygen atoms in total. The van der Waals surface area contributed by atoms with Gasteiger partial charge < -0.3 is 10.5 Å². The van der Waals surface area contributed by atoms with Crippen molar-refractivity contribution in [3.8, 4) is 17.0 Å². The Kier molecular flexibility index (Phi) is 3.73. The molecule has 0 spiro atoms. The molecule has 16 heavy (non-hydrogen) atoms. The van der Waals surface area contributed by atoms with E-state index in [9.17, 15) is 4.39 Å². The number of hydrogen-bond donors (Lipinski definition) is 2. The average Bonchev–Trinajstić information content (AvgIpc) is 2.65. The van der Waals surface area contributed by atoms with Gasteiger partial charge in [0, 0.05) is 11.6 Å². The fourth-order valence-electron chi connectivity index (χ4n) is 1.32. The molecule has 0 saturated carbocycles. The van der Waals surface area contributed by atoms with Crippen molar-refractivity contribution in [2.24, 2.45) is 0 Å². The molecule has 0 bridgehead atoms. The first-order valence-corrected chi connectivity index (χ1v) is 4.35. The van der Waals surface area contributed by atoms with Crippen molar-refractivity contribution in [2.75, 3.05) is 12.8 Å². The van der Waals surface area contributed by atoms with E-state index in [0.717, 1.165) is 0 Å². The van der Waals surface area contributed by atoms with Gasteiger partial charge in [-0.15, -0.1) is 12.4 Å². The third kappa shape index (κ3) is 2.25. The summed E-state index contributed by atoms with van der Waals surface area (Å²) in [5.74, 6) is 0.177. The van der Waals surface area contributed by atoms with Crippen LogP contribution in [0.2, 0.25) is 0 Å². The van der Waals surface area contributed by atoms with Crippen LogP contribution in [-0.4, -0.2) is 17.3 Å². The van der Waals surface area contributed by atoms with Crippen LogP contribution < -0.4 is 10.5 Å². The minimum Gasteiger partial charge on any atom is -0.494 e. The number of ether oxygens (including phenoxy) is 1. The number of aromatic nitrogens is 2. The van der Waals surface area contributed by atoms with Crippen molar-refractivity contribution >= 4 is 18.2 Å². The lowest BCUT2D eigenvalue weighted by molar-refractivity contribution is 0.386. The maximum absolute atomic E-state index is 13.4. The molecular weight excluding hydrogens is 233 g/mol. The highest BCUT2D eigenvalue weighted by molar-refractivity contribution is 5.85. The van der Waals surface area contributed by atoms with E-state index >= 15 is 0 Å². The number of H-pyrrole nitrogens is 1. The topological polar surface area (TPSA) is 63.9 Å². The SMILES string of the molecule is COc1ccc(-c2cc(N)n[nH]2)cc1F.Cl. The van der Waals surface area contributed by atoms with Gasteiger partial charge in [-0.25, -0.2) is 4.39 Å². The number of hydrogen-bond acceptors (Lipinski definition) is 3. The lowest BCUT2D eigenvalue weighted by Gasteiger charge is -2.02. The largest absolute Gasteiger partial charge is 0.494 e. The van der Waals surface area contributed by atoms with E-state index in [-0.39, 0.29) is 18.2 Å². The Morgan fingerprint density at radius 1 is 1.38 bits per heavy atom. The molecule has 0 saturated heterocycles. The van der Waals surface area contributed by atoms with E-state index in [1.54, 1.807) is 18.2 Å². The van der Waals surface area contributed by atoms with Crippen LogP contribution in [0.4, 0.5) is 10.2 Å². The molecular formula is C10H11ClFN3O. The summed E-state index contributed by atoms with van der Waals surface area (Å²) in [6.45, 7) is 0. The number of rotatable bonds is 2. The Morgan fingerprint density at radius 2 is 2.12 bits per heavy atom. The Morgan fingerprint density at radius 3 is 2.62 bits per heavy atom. The van der Waals surface area contributed by atoms with E-state index in [4.69, 9.17) is 10.5 Å². The summed E-state index contributed by atoms with van der Waals surface area (Å²) in [6, 6.07) is 6.30. The third-order valence-electron chi connectivity index (χ3n) is 2.06. The van der Waals surface area contributed by atoms with Crippen LogP contribution in [0.15, 0.2) is 24.3 Å². The summed E-state index contributed by atoms with van der Waals surface area (Å²) >= 11 is 0. The van der Waals surface area contributed by atoms with E-state index in [1.165, 1.54) is 13.2 Å². The number of nitrogens with two attached hydrogens (primary N) is 1. The van der Waals surface area contributed by atoms with Crippen LogP contribution in [0.3, 0.4) is 0 Å². The third-order valence-corrected chi connectivity index (χ3v) is 2.06.